The Balaban J connectivity index is 1.56. The van der Waals surface area contributed by atoms with Crippen LogP contribution in [0.15, 0.2) is 109 Å². The van der Waals surface area contributed by atoms with E-state index in [4.69, 9.17) is 9.47 Å². The van der Waals surface area contributed by atoms with Crippen LogP contribution < -0.4 is 9.64 Å². The van der Waals surface area contributed by atoms with Crippen LogP contribution in [-0.4, -0.2) is 29.9 Å². The summed E-state index contributed by atoms with van der Waals surface area (Å²) in [7, 11) is 1.27. The van der Waals surface area contributed by atoms with Crippen LogP contribution in [0.4, 0.5) is 5.69 Å². The highest BCUT2D eigenvalue weighted by atomic mass is 16.5. The largest absolute Gasteiger partial charge is 0.507 e. The minimum absolute atomic E-state index is 0.0444. The van der Waals surface area contributed by atoms with Crippen LogP contribution in [0.25, 0.3) is 5.76 Å². The van der Waals surface area contributed by atoms with E-state index in [-0.39, 0.29) is 16.9 Å². The van der Waals surface area contributed by atoms with Crippen LogP contribution in [0.3, 0.4) is 0 Å². The van der Waals surface area contributed by atoms with Gasteiger partial charge in [-0.3, -0.25) is 14.5 Å². The molecule has 1 amide bonds. The lowest BCUT2D eigenvalue weighted by molar-refractivity contribution is -0.132. The fraction of sp³-hybridized carbons (Fsp3) is 0.121. The van der Waals surface area contributed by atoms with E-state index in [9.17, 15) is 19.5 Å². The number of ether oxygens (including phenoxy) is 2. The van der Waals surface area contributed by atoms with Crippen LogP contribution >= 0.6 is 0 Å². The number of carbonyl (C=O) groups excluding carboxylic acids is 3. The predicted molar refractivity (Wildman–Crippen MR) is 151 cm³/mol. The summed E-state index contributed by atoms with van der Waals surface area (Å²) in [5.74, 6) is -1.86. The molecule has 4 aromatic carbocycles. The first-order valence-electron chi connectivity index (χ1n) is 12.7. The number of methoxy groups -OCH3 is 1. The maximum absolute atomic E-state index is 13.4. The first-order valence-corrected chi connectivity index (χ1v) is 12.7. The minimum atomic E-state index is -0.914. The molecule has 0 aromatic heterocycles. The lowest BCUT2D eigenvalue weighted by Gasteiger charge is -2.25. The molecule has 0 spiro atoms. The SMILES string of the molecule is COC(=O)c1cccc(N2C(=O)C(=O)/C(=C(/O)c3ccc(OCc4ccccc4)c(C)c3)C2c2ccccc2)c1. The number of ketones is 1. The molecule has 0 radical (unpaired) electrons. The molecule has 1 N–H and O–H groups in total. The van der Waals surface area contributed by atoms with Gasteiger partial charge in [-0.25, -0.2) is 4.79 Å². The van der Waals surface area contributed by atoms with Crippen LogP contribution in [0.5, 0.6) is 5.75 Å². The molecule has 1 fully saturated rings. The Labute approximate surface area is 231 Å². The highest BCUT2D eigenvalue weighted by Gasteiger charge is 2.47. The molecule has 1 saturated heterocycles. The second kappa shape index (κ2) is 11.3. The van der Waals surface area contributed by atoms with E-state index in [0.717, 1.165) is 11.1 Å². The molecule has 1 unspecified atom stereocenters. The fourth-order valence-electron chi connectivity index (χ4n) is 4.80. The van der Waals surface area contributed by atoms with Gasteiger partial charge in [-0.2, -0.15) is 0 Å². The Morgan fingerprint density at radius 1 is 0.850 bits per heavy atom. The number of aliphatic hydroxyl groups is 1. The van der Waals surface area contributed by atoms with Crippen molar-refractivity contribution in [3.8, 4) is 5.75 Å². The van der Waals surface area contributed by atoms with E-state index in [2.05, 4.69) is 0 Å². The second-order valence-corrected chi connectivity index (χ2v) is 9.38. The summed E-state index contributed by atoms with van der Waals surface area (Å²) in [6, 6.07) is 29.3. The summed E-state index contributed by atoms with van der Waals surface area (Å²) in [6.07, 6.45) is 0. The Morgan fingerprint density at radius 3 is 2.23 bits per heavy atom. The molecule has 1 aliphatic rings. The number of esters is 1. The van der Waals surface area contributed by atoms with Crippen molar-refractivity contribution in [1.29, 1.82) is 0 Å². The zero-order chi connectivity index (χ0) is 28.2. The number of hydrogen-bond donors (Lipinski definition) is 1. The topological polar surface area (TPSA) is 93.1 Å². The fourth-order valence-corrected chi connectivity index (χ4v) is 4.80. The zero-order valence-electron chi connectivity index (χ0n) is 22.0. The summed E-state index contributed by atoms with van der Waals surface area (Å²) < 4.78 is 10.8. The lowest BCUT2D eigenvalue weighted by atomic mass is 9.94. The molecular formula is C33H27NO6. The summed E-state index contributed by atoms with van der Waals surface area (Å²) >= 11 is 0. The third-order valence-electron chi connectivity index (χ3n) is 6.79. The quantitative estimate of drug-likeness (QED) is 0.136. The normalized spacial score (nSPS) is 16.1. The molecule has 200 valence electrons. The standard InChI is InChI=1S/C33H27NO6/c1-21-18-24(16-17-27(21)40-20-22-10-5-3-6-11-22)30(35)28-29(23-12-7-4-8-13-23)34(32(37)31(28)36)26-15-9-14-25(19-26)33(38)39-2/h3-19,29,35H,20H2,1-2H3/b30-28+. The van der Waals surface area contributed by atoms with E-state index in [1.54, 1.807) is 60.7 Å². The second-order valence-electron chi connectivity index (χ2n) is 9.38. The number of amides is 1. The van der Waals surface area contributed by atoms with Crippen LogP contribution in [0.2, 0.25) is 0 Å². The molecule has 5 rings (SSSR count). The van der Waals surface area contributed by atoms with Crippen molar-refractivity contribution in [2.45, 2.75) is 19.6 Å². The Bertz CT molecular complexity index is 1610. The predicted octanol–water partition coefficient (Wildman–Crippen LogP) is 5.99. The van der Waals surface area contributed by atoms with Crippen molar-refractivity contribution in [3.05, 3.63) is 137 Å². The van der Waals surface area contributed by atoms with Gasteiger partial charge in [-0.1, -0.05) is 66.7 Å². The van der Waals surface area contributed by atoms with E-state index >= 15 is 0 Å². The van der Waals surface area contributed by atoms with Gasteiger partial charge in [0, 0.05) is 11.3 Å². The summed E-state index contributed by atoms with van der Waals surface area (Å²) in [5.41, 5.74) is 3.31. The smallest absolute Gasteiger partial charge is 0.337 e. The number of rotatable bonds is 7. The molecule has 40 heavy (non-hydrogen) atoms. The molecule has 1 atom stereocenters. The molecule has 7 heteroatoms. The molecule has 1 heterocycles. The highest BCUT2D eigenvalue weighted by molar-refractivity contribution is 6.51. The van der Waals surface area contributed by atoms with Crippen LogP contribution in [-0.2, 0) is 20.9 Å². The maximum atomic E-state index is 13.4. The maximum Gasteiger partial charge on any atom is 0.337 e. The summed E-state index contributed by atoms with van der Waals surface area (Å²) in [4.78, 5) is 40.3. The number of aliphatic hydroxyl groups excluding tert-OH is 1. The van der Waals surface area contributed by atoms with Gasteiger partial charge in [0.25, 0.3) is 11.7 Å². The Morgan fingerprint density at radius 2 is 1.55 bits per heavy atom. The minimum Gasteiger partial charge on any atom is -0.507 e. The number of hydrogen-bond acceptors (Lipinski definition) is 6. The molecule has 1 aliphatic heterocycles. The van der Waals surface area contributed by atoms with Crippen molar-refractivity contribution in [2.75, 3.05) is 12.0 Å². The highest BCUT2D eigenvalue weighted by Crippen LogP contribution is 2.42. The van der Waals surface area contributed by atoms with Crippen molar-refractivity contribution < 1.29 is 29.0 Å². The van der Waals surface area contributed by atoms with Gasteiger partial charge in [0.1, 0.15) is 18.1 Å². The van der Waals surface area contributed by atoms with E-state index in [0.29, 0.717) is 29.2 Å². The molecule has 0 aliphatic carbocycles. The van der Waals surface area contributed by atoms with Crippen molar-refractivity contribution in [1.82, 2.24) is 0 Å². The number of benzene rings is 4. The third kappa shape index (κ3) is 5.09. The van der Waals surface area contributed by atoms with E-state index in [1.165, 1.54) is 18.1 Å². The molecule has 4 aromatic rings. The Hall–Kier alpha value is -5.17. The Kier molecular flexibility index (Phi) is 7.46. The monoisotopic (exact) mass is 533 g/mol. The van der Waals surface area contributed by atoms with Gasteiger partial charge >= 0.3 is 5.97 Å². The van der Waals surface area contributed by atoms with Crippen LogP contribution in [0.1, 0.15) is 38.7 Å². The zero-order valence-corrected chi connectivity index (χ0v) is 22.0. The first-order chi connectivity index (χ1) is 19.4. The van der Waals surface area contributed by atoms with Gasteiger partial charge in [0.15, 0.2) is 0 Å². The van der Waals surface area contributed by atoms with Crippen LogP contribution in [0, 0.1) is 6.92 Å². The van der Waals surface area contributed by atoms with Gasteiger partial charge in [-0.15, -0.1) is 0 Å². The van der Waals surface area contributed by atoms with Gasteiger partial charge in [0.2, 0.25) is 0 Å². The number of anilines is 1. The van der Waals surface area contributed by atoms with Gasteiger partial charge < -0.3 is 14.6 Å². The number of carbonyl (C=O) groups is 3. The van der Waals surface area contributed by atoms with Crippen molar-refractivity contribution >= 4 is 29.1 Å². The third-order valence-corrected chi connectivity index (χ3v) is 6.79. The van der Waals surface area contributed by atoms with Gasteiger partial charge in [-0.05, 0) is 60.0 Å². The van der Waals surface area contributed by atoms with Gasteiger partial charge in [0.05, 0.1) is 24.3 Å². The van der Waals surface area contributed by atoms with Crippen molar-refractivity contribution in [2.24, 2.45) is 0 Å². The average molecular weight is 534 g/mol. The first kappa shape index (κ1) is 26.4. The van der Waals surface area contributed by atoms with Crippen molar-refractivity contribution in [3.63, 3.8) is 0 Å². The van der Waals surface area contributed by atoms with E-state index < -0.39 is 23.7 Å². The number of Topliss-reactive ketones (excluding diaryl/α,β-unsaturated/α-hetero) is 1. The summed E-state index contributed by atoms with van der Waals surface area (Å²) in [6.45, 7) is 2.24. The number of nitrogens with zero attached hydrogens (tertiary/aromatic N) is 1. The average Bonchev–Trinajstić information content (AvgIpc) is 3.26. The van der Waals surface area contributed by atoms with E-state index in [1.807, 2.05) is 43.3 Å². The molecule has 0 saturated carbocycles. The molecular weight excluding hydrogens is 506 g/mol. The molecule has 0 bridgehead atoms. The summed E-state index contributed by atoms with van der Waals surface area (Å²) in [5, 5.41) is 11.5. The number of aryl methyl sites for hydroxylation is 1. The lowest BCUT2D eigenvalue weighted by Crippen LogP contribution is -2.29. The molecule has 7 nitrogen and oxygen atoms in total.